The SMILES string of the molecule is CN(C)C(CNC(=O)C(CN)c1ccccc1)c1cccs1. The van der Waals surface area contributed by atoms with Crippen LogP contribution >= 0.6 is 11.3 Å². The van der Waals surface area contributed by atoms with Crippen molar-refractivity contribution in [3.63, 3.8) is 0 Å². The topological polar surface area (TPSA) is 58.4 Å². The van der Waals surface area contributed by atoms with Gasteiger partial charge in [0.15, 0.2) is 0 Å². The van der Waals surface area contributed by atoms with Crippen LogP contribution in [-0.4, -0.2) is 38.0 Å². The van der Waals surface area contributed by atoms with Crippen LogP contribution in [0.5, 0.6) is 0 Å². The molecule has 0 radical (unpaired) electrons. The van der Waals surface area contributed by atoms with E-state index in [0.29, 0.717) is 13.1 Å². The largest absolute Gasteiger partial charge is 0.354 e. The number of amides is 1. The predicted molar refractivity (Wildman–Crippen MR) is 92.0 cm³/mol. The van der Waals surface area contributed by atoms with Gasteiger partial charge in [-0.3, -0.25) is 4.79 Å². The van der Waals surface area contributed by atoms with Gasteiger partial charge in [-0.25, -0.2) is 0 Å². The van der Waals surface area contributed by atoms with Gasteiger partial charge in [-0.05, 0) is 31.1 Å². The number of nitrogens with one attached hydrogen (secondary N) is 1. The number of rotatable bonds is 7. The smallest absolute Gasteiger partial charge is 0.228 e. The van der Waals surface area contributed by atoms with Crippen molar-refractivity contribution in [2.45, 2.75) is 12.0 Å². The van der Waals surface area contributed by atoms with Crippen molar-refractivity contribution >= 4 is 17.2 Å². The first-order chi connectivity index (χ1) is 10.6. The molecule has 1 aromatic heterocycles. The Labute approximate surface area is 135 Å². The van der Waals surface area contributed by atoms with Gasteiger partial charge in [-0.1, -0.05) is 36.4 Å². The lowest BCUT2D eigenvalue weighted by molar-refractivity contribution is -0.122. The highest BCUT2D eigenvalue weighted by Crippen LogP contribution is 2.23. The number of carbonyl (C=O) groups is 1. The fourth-order valence-corrected chi connectivity index (χ4v) is 3.34. The van der Waals surface area contributed by atoms with Crippen LogP contribution in [0, 0.1) is 0 Å². The molecule has 1 aromatic carbocycles. The number of benzene rings is 1. The average Bonchev–Trinajstić information content (AvgIpc) is 3.03. The minimum atomic E-state index is -0.299. The van der Waals surface area contributed by atoms with E-state index in [-0.39, 0.29) is 17.9 Å². The first-order valence-electron chi connectivity index (χ1n) is 7.36. The lowest BCUT2D eigenvalue weighted by Gasteiger charge is -2.25. The van der Waals surface area contributed by atoms with E-state index in [4.69, 9.17) is 5.73 Å². The summed E-state index contributed by atoms with van der Waals surface area (Å²) in [6.07, 6.45) is 0. The lowest BCUT2D eigenvalue weighted by Crippen LogP contribution is -2.38. The van der Waals surface area contributed by atoms with E-state index in [1.807, 2.05) is 50.5 Å². The van der Waals surface area contributed by atoms with Crippen molar-refractivity contribution in [2.75, 3.05) is 27.2 Å². The van der Waals surface area contributed by atoms with E-state index in [1.165, 1.54) is 4.88 Å². The Morgan fingerprint density at radius 2 is 1.95 bits per heavy atom. The molecule has 2 atom stereocenters. The van der Waals surface area contributed by atoms with Gasteiger partial charge in [-0.2, -0.15) is 0 Å². The third-order valence-electron chi connectivity index (χ3n) is 3.72. The van der Waals surface area contributed by atoms with Crippen LogP contribution in [0.1, 0.15) is 22.4 Å². The van der Waals surface area contributed by atoms with Gasteiger partial charge in [0, 0.05) is 18.0 Å². The second-order valence-electron chi connectivity index (χ2n) is 5.44. The van der Waals surface area contributed by atoms with Crippen molar-refractivity contribution in [3.8, 4) is 0 Å². The molecule has 2 aromatic rings. The van der Waals surface area contributed by atoms with E-state index in [9.17, 15) is 4.79 Å². The molecule has 1 heterocycles. The molecule has 0 spiro atoms. The number of likely N-dealkylation sites (N-methyl/N-ethyl adjacent to an activating group) is 1. The third kappa shape index (κ3) is 4.16. The monoisotopic (exact) mass is 317 g/mol. The molecular weight excluding hydrogens is 294 g/mol. The molecule has 118 valence electrons. The molecule has 0 aliphatic rings. The maximum atomic E-state index is 12.5. The minimum Gasteiger partial charge on any atom is -0.354 e. The maximum Gasteiger partial charge on any atom is 0.228 e. The number of carbonyl (C=O) groups excluding carboxylic acids is 1. The minimum absolute atomic E-state index is 0.0166. The highest BCUT2D eigenvalue weighted by molar-refractivity contribution is 7.10. The van der Waals surface area contributed by atoms with Gasteiger partial charge in [0.1, 0.15) is 0 Å². The van der Waals surface area contributed by atoms with Gasteiger partial charge in [0.05, 0.1) is 12.0 Å². The highest BCUT2D eigenvalue weighted by atomic mass is 32.1. The van der Waals surface area contributed by atoms with Gasteiger partial charge in [-0.15, -0.1) is 11.3 Å². The van der Waals surface area contributed by atoms with Crippen molar-refractivity contribution in [1.82, 2.24) is 10.2 Å². The van der Waals surface area contributed by atoms with E-state index in [0.717, 1.165) is 5.56 Å². The van der Waals surface area contributed by atoms with E-state index < -0.39 is 0 Å². The molecule has 0 saturated heterocycles. The molecule has 0 saturated carbocycles. The highest BCUT2D eigenvalue weighted by Gasteiger charge is 2.21. The molecule has 3 N–H and O–H groups in total. The zero-order valence-corrected chi connectivity index (χ0v) is 13.8. The first-order valence-corrected chi connectivity index (χ1v) is 8.24. The summed E-state index contributed by atoms with van der Waals surface area (Å²) in [5.74, 6) is -0.315. The summed E-state index contributed by atoms with van der Waals surface area (Å²) in [5.41, 5.74) is 6.76. The van der Waals surface area contributed by atoms with Crippen LogP contribution in [-0.2, 0) is 4.79 Å². The standard InChI is InChI=1S/C17H23N3OS/c1-20(2)15(16-9-6-10-22-16)12-19-17(21)14(11-18)13-7-4-3-5-8-13/h3-10,14-15H,11-12,18H2,1-2H3,(H,19,21). The van der Waals surface area contributed by atoms with E-state index in [2.05, 4.69) is 21.7 Å². The Morgan fingerprint density at radius 1 is 1.23 bits per heavy atom. The van der Waals surface area contributed by atoms with Gasteiger partial charge >= 0.3 is 0 Å². The van der Waals surface area contributed by atoms with Crippen LogP contribution in [0.25, 0.3) is 0 Å². The normalized spacial score (nSPS) is 13.8. The second-order valence-corrected chi connectivity index (χ2v) is 6.42. The molecule has 5 heteroatoms. The molecule has 0 bridgehead atoms. The van der Waals surface area contributed by atoms with Crippen LogP contribution in [0.3, 0.4) is 0 Å². The molecule has 2 unspecified atom stereocenters. The quantitative estimate of drug-likeness (QED) is 0.823. The molecule has 0 aliphatic heterocycles. The summed E-state index contributed by atoms with van der Waals surface area (Å²) in [4.78, 5) is 15.8. The average molecular weight is 317 g/mol. The van der Waals surface area contributed by atoms with E-state index in [1.54, 1.807) is 11.3 Å². The lowest BCUT2D eigenvalue weighted by atomic mass is 9.98. The number of thiophene rings is 1. The zero-order chi connectivity index (χ0) is 15.9. The summed E-state index contributed by atoms with van der Waals surface area (Å²) in [5, 5.41) is 5.10. The number of hydrogen-bond acceptors (Lipinski definition) is 4. The maximum absolute atomic E-state index is 12.5. The zero-order valence-electron chi connectivity index (χ0n) is 13.0. The fourth-order valence-electron chi connectivity index (χ4n) is 2.42. The summed E-state index contributed by atoms with van der Waals surface area (Å²) in [7, 11) is 4.04. The van der Waals surface area contributed by atoms with Gasteiger partial charge < -0.3 is 16.0 Å². The molecule has 0 aliphatic carbocycles. The Kier molecular flexibility index (Phi) is 6.12. The summed E-state index contributed by atoms with van der Waals surface area (Å²) in [6, 6.07) is 14.0. The second kappa shape index (κ2) is 8.08. The van der Waals surface area contributed by atoms with Crippen molar-refractivity contribution in [2.24, 2.45) is 5.73 Å². The molecule has 22 heavy (non-hydrogen) atoms. The molecular formula is C17H23N3OS. The Hall–Kier alpha value is -1.69. The summed E-state index contributed by atoms with van der Waals surface area (Å²) < 4.78 is 0. The van der Waals surface area contributed by atoms with Gasteiger partial charge in [0.25, 0.3) is 0 Å². The Balaban J connectivity index is 2.01. The molecule has 2 rings (SSSR count). The number of nitrogens with two attached hydrogens (primary N) is 1. The number of hydrogen-bond donors (Lipinski definition) is 2. The fraction of sp³-hybridized carbons (Fsp3) is 0.353. The van der Waals surface area contributed by atoms with Gasteiger partial charge in [0.2, 0.25) is 5.91 Å². The van der Waals surface area contributed by atoms with Crippen molar-refractivity contribution < 1.29 is 4.79 Å². The van der Waals surface area contributed by atoms with Crippen LogP contribution in [0.4, 0.5) is 0 Å². The summed E-state index contributed by atoms with van der Waals surface area (Å²) in [6.45, 7) is 0.886. The Morgan fingerprint density at radius 3 is 2.50 bits per heavy atom. The number of nitrogens with zero attached hydrogens (tertiary/aromatic N) is 1. The van der Waals surface area contributed by atoms with Crippen molar-refractivity contribution in [3.05, 3.63) is 58.3 Å². The van der Waals surface area contributed by atoms with Crippen LogP contribution in [0.2, 0.25) is 0 Å². The molecule has 4 nitrogen and oxygen atoms in total. The first kappa shape index (κ1) is 16.7. The predicted octanol–water partition coefficient (Wildman–Crippen LogP) is 2.21. The molecule has 0 fully saturated rings. The third-order valence-corrected chi connectivity index (χ3v) is 4.69. The Bertz CT molecular complexity index is 569. The van der Waals surface area contributed by atoms with Crippen LogP contribution in [0.15, 0.2) is 47.8 Å². The van der Waals surface area contributed by atoms with E-state index >= 15 is 0 Å². The van der Waals surface area contributed by atoms with Crippen LogP contribution < -0.4 is 11.1 Å². The molecule has 1 amide bonds. The summed E-state index contributed by atoms with van der Waals surface area (Å²) >= 11 is 1.70. The van der Waals surface area contributed by atoms with Crippen molar-refractivity contribution in [1.29, 1.82) is 0 Å².